The molecule has 0 saturated heterocycles. The standard InChI is InChI=1S/C61H100O6/c1-4-7-10-13-16-19-22-25-27-29-30-32-33-36-39-42-45-48-51-54-60(63)66-57-58(56-65-59(62)53-50-47-44-41-38-35-24-21-18-15-12-9-6-3)67-61(64)55-52-49-46-43-40-37-34-31-28-26-23-20-17-14-11-8-5-2/h7,10,16-17,19-20,25-28,30,32,34,36-37,39,45,48,58H,4-6,8-9,11-15,18,21-24,29,31,33,35,38,40-44,46-47,49-57H2,1-3H3/b10-7-,19-16-,20-17-,27-25-,28-26-,32-30-,37-34-,39-36-,48-45-/t58-/m1/s1. The molecule has 6 heteroatoms. The summed E-state index contributed by atoms with van der Waals surface area (Å²) in [5.41, 5.74) is 0. The first kappa shape index (κ1) is 63.1. The molecular formula is C61H100O6. The number of ether oxygens (including phenoxy) is 3. The van der Waals surface area contributed by atoms with Crippen LogP contribution >= 0.6 is 0 Å². The largest absolute Gasteiger partial charge is 0.462 e. The normalized spacial score (nSPS) is 12.9. The van der Waals surface area contributed by atoms with Crippen molar-refractivity contribution in [2.75, 3.05) is 13.2 Å². The molecule has 6 nitrogen and oxygen atoms in total. The van der Waals surface area contributed by atoms with Gasteiger partial charge in [-0.15, -0.1) is 0 Å². The van der Waals surface area contributed by atoms with Crippen molar-refractivity contribution in [2.45, 2.75) is 245 Å². The summed E-state index contributed by atoms with van der Waals surface area (Å²) in [5, 5.41) is 0. The van der Waals surface area contributed by atoms with E-state index in [-0.39, 0.29) is 44.0 Å². The fourth-order valence-corrected chi connectivity index (χ4v) is 7.18. The molecule has 380 valence electrons. The van der Waals surface area contributed by atoms with E-state index in [4.69, 9.17) is 14.2 Å². The summed E-state index contributed by atoms with van der Waals surface area (Å²) in [6, 6.07) is 0. The number of hydrogen-bond acceptors (Lipinski definition) is 6. The van der Waals surface area contributed by atoms with Crippen LogP contribution in [-0.2, 0) is 28.6 Å². The van der Waals surface area contributed by atoms with Crippen molar-refractivity contribution in [3.8, 4) is 0 Å². The number of rotatable bonds is 48. The minimum atomic E-state index is -0.820. The highest BCUT2D eigenvalue weighted by Gasteiger charge is 2.19. The summed E-state index contributed by atoms with van der Waals surface area (Å²) < 4.78 is 16.7. The highest BCUT2D eigenvalue weighted by atomic mass is 16.6. The highest BCUT2D eigenvalue weighted by Crippen LogP contribution is 2.14. The second-order valence-corrected chi connectivity index (χ2v) is 17.8. The van der Waals surface area contributed by atoms with E-state index < -0.39 is 6.10 Å². The Morgan fingerprint density at radius 2 is 0.612 bits per heavy atom. The summed E-state index contributed by atoms with van der Waals surface area (Å²) in [5.74, 6) is -1.02. The Balaban J connectivity index is 4.55. The van der Waals surface area contributed by atoms with Crippen molar-refractivity contribution >= 4 is 17.9 Å². The van der Waals surface area contributed by atoms with Gasteiger partial charge in [0.2, 0.25) is 0 Å². The van der Waals surface area contributed by atoms with Gasteiger partial charge in [0, 0.05) is 19.3 Å². The second kappa shape index (κ2) is 54.7. The molecule has 0 unspecified atom stereocenters. The molecular weight excluding hydrogens is 829 g/mol. The van der Waals surface area contributed by atoms with E-state index in [1.54, 1.807) is 0 Å². The fraction of sp³-hybridized carbons (Fsp3) is 0.656. The molecule has 0 radical (unpaired) electrons. The summed E-state index contributed by atoms with van der Waals surface area (Å²) in [7, 11) is 0. The third kappa shape index (κ3) is 52.9. The molecule has 0 saturated carbocycles. The SMILES string of the molecule is CC/C=C\C/C=C\C/C=C\C/C=C\C/C=C\C/C=C\CCC(=O)OC[C@@H](COC(=O)CCCCCCCCCCCCCCC)OC(=O)CCCCCC/C=C\C/C=C\C/C=C\CCCCC. The molecule has 0 bridgehead atoms. The summed E-state index contributed by atoms with van der Waals surface area (Å²) in [4.78, 5) is 38.0. The zero-order valence-electron chi connectivity index (χ0n) is 43.4. The Morgan fingerprint density at radius 1 is 0.313 bits per heavy atom. The van der Waals surface area contributed by atoms with Gasteiger partial charge in [-0.3, -0.25) is 14.4 Å². The first-order valence-electron chi connectivity index (χ1n) is 27.4. The van der Waals surface area contributed by atoms with Crippen LogP contribution in [0.25, 0.3) is 0 Å². The molecule has 0 aromatic rings. The highest BCUT2D eigenvalue weighted by molar-refractivity contribution is 5.71. The molecule has 0 aromatic heterocycles. The van der Waals surface area contributed by atoms with Gasteiger partial charge in [-0.25, -0.2) is 0 Å². The summed E-state index contributed by atoms with van der Waals surface area (Å²) in [6.45, 7) is 6.41. The van der Waals surface area contributed by atoms with Crippen LogP contribution < -0.4 is 0 Å². The third-order valence-corrected chi connectivity index (χ3v) is 11.3. The van der Waals surface area contributed by atoms with Crippen molar-refractivity contribution in [3.63, 3.8) is 0 Å². The van der Waals surface area contributed by atoms with Crippen LogP contribution in [0, 0.1) is 0 Å². The maximum absolute atomic E-state index is 12.8. The van der Waals surface area contributed by atoms with Gasteiger partial charge in [-0.05, 0) is 96.3 Å². The maximum Gasteiger partial charge on any atom is 0.306 e. The van der Waals surface area contributed by atoms with Crippen molar-refractivity contribution in [1.29, 1.82) is 0 Å². The lowest BCUT2D eigenvalue weighted by Gasteiger charge is -2.18. The van der Waals surface area contributed by atoms with Crippen molar-refractivity contribution in [3.05, 3.63) is 109 Å². The average molecular weight is 929 g/mol. The molecule has 0 spiro atoms. The third-order valence-electron chi connectivity index (χ3n) is 11.3. The average Bonchev–Trinajstić information content (AvgIpc) is 3.33. The monoisotopic (exact) mass is 929 g/mol. The number of allylic oxidation sites excluding steroid dienone is 18. The maximum atomic E-state index is 12.8. The zero-order chi connectivity index (χ0) is 48.6. The Hall–Kier alpha value is -3.93. The first-order valence-corrected chi connectivity index (χ1v) is 27.4. The molecule has 1 atom stereocenters. The van der Waals surface area contributed by atoms with E-state index in [0.29, 0.717) is 12.8 Å². The van der Waals surface area contributed by atoms with Gasteiger partial charge in [0.1, 0.15) is 13.2 Å². The first-order chi connectivity index (χ1) is 33.0. The van der Waals surface area contributed by atoms with E-state index in [1.165, 1.54) is 89.9 Å². The van der Waals surface area contributed by atoms with E-state index in [1.807, 2.05) is 6.08 Å². The van der Waals surface area contributed by atoms with E-state index >= 15 is 0 Å². The van der Waals surface area contributed by atoms with E-state index in [0.717, 1.165) is 103 Å². The Kier molecular flexibility index (Phi) is 51.5. The summed E-state index contributed by atoms with van der Waals surface area (Å²) >= 11 is 0. The number of unbranched alkanes of at least 4 members (excludes halogenated alkanes) is 19. The predicted octanol–water partition coefficient (Wildman–Crippen LogP) is 18.3. The Bertz CT molecular complexity index is 1390. The van der Waals surface area contributed by atoms with Crippen LogP contribution in [0.4, 0.5) is 0 Å². The molecule has 0 amide bonds. The number of esters is 3. The van der Waals surface area contributed by atoms with Crippen molar-refractivity contribution < 1.29 is 28.6 Å². The topological polar surface area (TPSA) is 78.9 Å². The quantitative estimate of drug-likeness (QED) is 0.0262. The van der Waals surface area contributed by atoms with Gasteiger partial charge in [0.05, 0.1) is 0 Å². The van der Waals surface area contributed by atoms with Gasteiger partial charge in [0.25, 0.3) is 0 Å². The molecule has 0 heterocycles. The van der Waals surface area contributed by atoms with Crippen LogP contribution in [0.1, 0.15) is 239 Å². The van der Waals surface area contributed by atoms with Crippen LogP contribution in [0.5, 0.6) is 0 Å². The van der Waals surface area contributed by atoms with Gasteiger partial charge in [-0.1, -0.05) is 233 Å². The van der Waals surface area contributed by atoms with Gasteiger partial charge in [0.15, 0.2) is 6.10 Å². The summed E-state index contributed by atoms with van der Waals surface area (Å²) in [6.07, 6.45) is 73.7. The minimum absolute atomic E-state index is 0.110. The molecule has 0 aromatic carbocycles. The zero-order valence-corrected chi connectivity index (χ0v) is 43.4. The minimum Gasteiger partial charge on any atom is -0.462 e. The van der Waals surface area contributed by atoms with Crippen molar-refractivity contribution in [1.82, 2.24) is 0 Å². The van der Waals surface area contributed by atoms with Crippen LogP contribution in [-0.4, -0.2) is 37.2 Å². The molecule has 0 fully saturated rings. The number of carbonyl (C=O) groups is 3. The molecule has 0 rings (SSSR count). The Labute approximate surface area is 412 Å². The van der Waals surface area contributed by atoms with Gasteiger partial charge < -0.3 is 14.2 Å². The van der Waals surface area contributed by atoms with Gasteiger partial charge in [-0.2, -0.15) is 0 Å². The van der Waals surface area contributed by atoms with E-state index in [2.05, 4.69) is 124 Å². The second-order valence-electron chi connectivity index (χ2n) is 17.8. The fourth-order valence-electron chi connectivity index (χ4n) is 7.18. The molecule has 0 N–H and O–H groups in total. The van der Waals surface area contributed by atoms with Crippen LogP contribution in [0.15, 0.2) is 109 Å². The molecule has 0 aliphatic heterocycles. The lowest BCUT2D eigenvalue weighted by molar-refractivity contribution is -0.166. The van der Waals surface area contributed by atoms with Crippen LogP contribution in [0.3, 0.4) is 0 Å². The number of hydrogen-bond donors (Lipinski definition) is 0. The Morgan fingerprint density at radius 3 is 1.03 bits per heavy atom. The number of carbonyl (C=O) groups excluding carboxylic acids is 3. The van der Waals surface area contributed by atoms with Crippen molar-refractivity contribution in [2.24, 2.45) is 0 Å². The predicted molar refractivity (Wildman–Crippen MR) is 288 cm³/mol. The van der Waals surface area contributed by atoms with Crippen LogP contribution in [0.2, 0.25) is 0 Å². The lowest BCUT2D eigenvalue weighted by Crippen LogP contribution is -2.30. The smallest absolute Gasteiger partial charge is 0.306 e. The van der Waals surface area contributed by atoms with E-state index in [9.17, 15) is 14.4 Å². The molecule has 0 aliphatic rings. The van der Waals surface area contributed by atoms with Gasteiger partial charge >= 0.3 is 17.9 Å². The molecule has 0 aliphatic carbocycles. The lowest BCUT2D eigenvalue weighted by atomic mass is 10.0. The molecule has 67 heavy (non-hydrogen) atoms.